The molecular weight excluding hydrogens is 386 g/mol. The molecule has 5 nitrogen and oxygen atoms in total. The number of nitrogens with zero attached hydrogens (tertiary/aromatic N) is 2. The third kappa shape index (κ3) is 6.07. The highest BCUT2D eigenvalue weighted by Crippen LogP contribution is 2.21. The van der Waals surface area contributed by atoms with Crippen molar-refractivity contribution < 1.29 is 9.53 Å². The van der Waals surface area contributed by atoms with Crippen molar-refractivity contribution in [3.05, 3.63) is 95.2 Å². The molecule has 2 aromatic carbocycles. The average Bonchev–Trinajstić information content (AvgIpc) is 3.22. The van der Waals surface area contributed by atoms with Crippen LogP contribution in [0.25, 0.3) is 0 Å². The molecule has 1 aliphatic rings. The fourth-order valence-electron chi connectivity index (χ4n) is 3.81. The van der Waals surface area contributed by atoms with Gasteiger partial charge in [0.05, 0.1) is 6.54 Å². The monoisotopic (exact) mass is 415 g/mol. The number of benzene rings is 2. The molecule has 0 saturated heterocycles. The molecule has 5 heteroatoms. The summed E-state index contributed by atoms with van der Waals surface area (Å²) in [5.41, 5.74) is 4.09. The Labute approximate surface area is 183 Å². The number of hydrogen-bond donors (Lipinski definition) is 1. The van der Waals surface area contributed by atoms with Crippen molar-refractivity contribution in [2.75, 3.05) is 6.54 Å². The zero-order chi connectivity index (χ0) is 21.3. The Kier molecular flexibility index (Phi) is 7.16. The first-order valence-corrected chi connectivity index (χ1v) is 11.0. The fraction of sp³-hybridized carbons (Fsp3) is 0.308. The van der Waals surface area contributed by atoms with Gasteiger partial charge in [0.2, 0.25) is 5.88 Å². The zero-order valence-electron chi connectivity index (χ0n) is 17.8. The second kappa shape index (κ2) is 10.6. The molecule has 0 fully saturated rings. The van der Waals surface area contributed by atoms with Crippen LogP contribution in [-0.4, -0.2) is 22.2 Å². The molecule has 1 aromatic heterocycles. The second-order valence-electron chi connectivity index (χ2n) is 7.92. The van der Waals surface area contributed by atoms with E-state index in [-0.39, 0.29) is 5.91 Å². The molecule has 1 heterocycles. The molecule has 0 bridgehead atoms. The number of aromatic nitrogens is 2. The molecular formula is C26H29N3O2. The van der Waals surface area contributed by atoms with Crippen molar-refractivity contribution in [2.24, 2.45) is 0 Å². The van der Waals surface area contributed by atoms with Crippen LogP contribution in [0.2, 0.25) is 0 Å². The lowest BCUT2D eigenvalue weighted by molar-refractivity contribution is 0.0949. The molecule has 0 aliphatic heterocycles. The quantitative estimate of drug-likeness (QED) is 0.493. The summed E-state index contributed by atoms with van der Waals surface area (Å²) in [5, 5.41) is 7.61. The number of ether oxygens (including phenoxy) is 1. The lowest BCUT2D eigenvalue weighted by atomic mass is 9.97. The summed E-state index contributed by atoms with van der Waals surface area (Å²) in [6.45, 7) is 1.59. The summed E-state index contributed by atoms with van der Waals surface area (Å²) in [6.07, 6.45) is 9.85. The van der Waals surface area contributed by atoms with Gasteiger partial charge in [-0.1, -0.05) is 72.3 Å². The number of amides is 1. The number of carbonyl (C=O) groups is 1. The van der Waals surface area contributed by atoms with E-state index in [4.69, 9.17) is 4.74 Å². The number of carbonyl (C=O) groups excluding carboxylic acids is 1. The first-order valence-electron chi connectivity index (χ1n) is 11.0. The Hall–Kier alpha value is -3.34. The van der Waals surface area contributed by atoms with E-state index in [1.165, 1.54) is 18.4 Å². The normalized spacial score (nSPS) is 13.5. The van der Waals surface area contributed by atoms with Gasteiger partial charge in [-0.2, -0.15) is 0 Å². The second-order valence-corrected chi connectivity index (χ2v) is 7.92. The molecule has 1 amide bonds. The molecule has 0 atom stereocenters. The van der Waals surface area contributed by atoms with Crippen LogP contribution in [0.1, 0.15) is 53.6 Å². The summed E-state index contributed by atoms with van der Waals surface area (Å²) < 4.78 is 7.73. The van der Waals surface area contributed by atoms with Gasteiger partial charge in [0.1, 0.15) is 12.2 Å². The van der Waals surface area contributed by atoms with Gasteiger partial charge in [-0.05, 0) is 43.2 Å². The predicted molar refractivity (Wildman–Crippen MR) is 122 cm³/mol. The van der Waals surface area contributed by atoms with Gasteiger partial charge in [0, 0.05) is 12.7 Å². The van der Waals surface area contributed by atoms with E-state index < -0.39 is 0 Å². The summed E-state index contributed by atoms with van der Waals surface area (Å²) in [5.74, 6) is 0.230. The molecule has 3 aromatic rings. The molecule has 160 valence electrons. The minimum absolute atomic E-state index is 0.140. The van der Waals surface area contributed by atoms with Crippen molar-refractivity contribution in [2.45, 2.75) is 45.3 Å². The largest absolute Gasteiger partial charge is 0.471 e. The summed E-state index contributed by atoms with van der Waals surface area (Å²) >= 11 is 0. The van der Waals surface area contributed by atoms with E-state index in [2.05, 4.69) is 16.5 Å². The van der Waals surface area contributed by atoms with Crippen molar-refractivity contribution >= 4 is 5.91 Å². The topological polar surface area (TPSA) is 56.2 Å². The van der Waals surface area contributed by atoms with Gasteiger partial charge < -0.3 is 10.1 Å². The highest BCUT2D eigenvalue weighted by molar-refractivity contribution is 5.96. The number of nitrogens with one attached hydrogen (secondary N) is 1. The molecule has 1 aliphatic carbocycles. The highest BCUT2D eigenvalue weighted by atomic mass is 16.5. The van der Waals surface area contributed by atoms with E-state index in [0.717, 1.165) is 30.4 Å². The van der Waals surface area contributed by atoms with E-state index >= 15 is 0 Å². The van der Waals surface area contributed by atoms with Crippen LogP contribution in [0, 0.1) is 0 Å². The third-order valence-electron chi connectivity index (χ3n) is 5.49. The summed E-state index contributed by atoms with van der Waals surface area (Å²) in [6, 6.07) is 20.0. The molecule has 31 heavy (non-hydrogen) atoms. The van der Waals surface area contributed by atoms with Crippen molar-refractivity contribution in [3.8, 4) is 5.88 Å². The van der Waals surface area contributed by atoms with E-state index in [9.17, 15) is 4.79 Å². The van der Waals surface area contributed by atoms with Gasteiger partial charge in [-0.25, -0.2) is 0 Å². The maximum atomic E-state index is 12.9. The standard InChI is InChI=1S/C26H29N3O2/c30-25(27-17-16-21-10-4-1-5-11-21)24-19-29(18-22-12-6-2-7-13-22)28-26(24)31-20-23-14-8-3-9-15-23/h2-3,6-10,12-15,19H,1,4-5,11,16-18,20H2,(H,27,30). The Balaban J connectivity index is 1.44. The van der Waals surface area contributed by atoms with Crippen molar-refractivity contribution in [1.82, 2.24) is 15.1 Å². The minimum atomic E-state index is -0.140. The van der Waals surface area contributed by atoms with Gasteiger partial charge in [0.15, 0.2) is 0 Å². The van der Waals surface area contributed by atoms with Gasteiger partial charge in [-0.3, -0.25) is 9.48 Å². The Morgan fingerprint density at radius 3 is 2.45 bits per heavy atom. The molecule has 4 rings (SSSR count). The van der Waals surface area contributed by atoms with Crippen LogP contribution in [0.15, 0.2) is 78.5 Å². The maximum Gasteiger partial charge on any atom is 0.258 e. The predicted octanol–water partition coefficient (Wildman–Crippen LogP) is 5.13. The SMILES string of the molecule is O=C(NCCC1=CCCCC1)c1cn(Cc2ccccc2)nc1OCc1ccccc1. The van der Waals surface area contributed by atoms with E-state index in [0.29, 0.717) is 31.1 Å². The van der Waals surface area contributed by atoms with Crippen LogP contribution in [0.3, 0.4) is 0 Å². The lowest BCUT2D eigenvalue weighted by Gasteiger charge is -2.13. The smallest absolute Gasteiger partial charge is 0.258 e. The highest BCUT2D eigenvalue weighted by Gasteiger charge is 2.18. The van der Waals surface area contributed by atoms with E-state index in [1.807, 2.05) is 60.7 Å². The van der Waals surface area contributed by atoms with Gasteiger partial charge >= 0.3 is 0 Å². The van der Waals surface area contributed by atoms with Crippen LogP contribution < -0.4 is 10.1 Å². The van der Waals surface area contributed by atoms with E-state index in [1.54, 1.807) is 10.9 Å². The Bertz CT molecular complexity index is 1010. The van der Waals surface area contributed by atoms with Crippen LogP contribution >= 0.6 is 0 Å². The van der Waals surface area contributed by atoms with Crippen molar-refractivity contribution in [1.29, 1.82) is 0 Å². The molecule has 1 N–H and O–H groups in total. The minimum Gasteiger partial charge on any atom is -0.471 e. The molecule has 0 spiro atoms. The summed E-state index contributed by atoms with van der Waals surface area (Å²) in [4.78, 5) is 12.9. The van der Waals surface area contributed by atoms with Gasteiger partial charge in [-0.15, -0.1) is 5.10 Å². The zero-order valence-corrected chi connectivity index (χ0v) is 17.8. The number of allylic oxidation sites excluding steroid dienone is 1. The first-order chi connectivity index (χ1) is 15.3. The maximum absolute atomic E-state index is 12.9. The molecule has 0 unspecified atom stereocenters. The van der Waals surface area contributed by atoms with Crippen molar-refractivity contribution in [3.63, 3.8) is 0 Å². The number of hydrogen-bond acceptors (Lipinski definition) is 3. The Morgan fingerprint density at radius 2 is 1.74 bits per heavy atom. The first kappa shape index (κ1) is 20.9. The third-order valence-corrected chi connectivity index (χ3v) is 5.49. The van der Waals surface area contributed by atoms with Crippen LogP contribution in [0.5, 0.6) is 5.88 Å². The summed E-state index contributed by atoms with van der Waals surface area (Å²) in [7, 11) is 0. The fourth-order valence-corrected chi connectivity index (χ4v) is 3.81. The molecule has 0 radical (unpaired) electrons. The van der Waals surface area contributed by atoms with Crippen LogP contribution in [0.4, 0.5) is 0 Å². The van der Waals surface area contributed by atoms with Gasteiger partial charge in [0.25, 0.3) is 5.91 Å². The lowest BCUT2D eigenvalue weighted by Crippen LogP contribution is -2.25. The van der Waals surface area contributed by atoms with Crippen LogP contribution in [-0.2, 0) is 13.2 Å². The average molecular weight is 416 g/mol. The number of rotatable bonds is 9. The molecule has 0 saturated carbocycles. The Morgan fingerprint density at radius 1 is 1.00 bits per heavy atom.